The number of methoxy groups -OCH3 is 1. The fourth-order valence-electron chi connectivity index (χ4n) is 4.38. The van der Waals surface area contributed by atoms with Crippen LogP contribution in [-0.4, -0.2) is 47.8 Å². The molecule has 0 bridgehead atoms. The molecule has 1 aromatic carbocycles. The van der Waals surface area contributed by atoms with Gasteiger partial charge in [-0.05, 0) is 48.9 Å². The number of rotatable bonds is 6. The van der Waals surface area contributed by atoms with Crippen molar-refractivity contribution in [1.29, 1.82) is 0 Å². The van der Waals surface area contributed by atoms with Crippen LogP contribution in [0.4, 0.5) is 4.39 Å². The summed E-state index contributed by atoms with van der Waals surface area (Å²) in [4.78, 5) is 6.73. The summed E-state index contributed by atoms with van der Waals surface area (Å²) in [6.07, 6.45) is 4.38. The molecule has 1 aliphatic carbocycles. The first-order chi connectivity index (χ1) is 13.1. The number of benzene rings is 1. The molecule has 1 N–H and O–H groups in total. The minimum Gasteiger partial charge on any atom is -0.506 e. The van der Waals surface area contributed by atoms with Crippen LogP contribution >= 0.6 is 0 Å². The van der Waals surface area contributed by atoms with Gasteiger partial charge in [0, 0.05) is 31.7 Å². The van der Waals surface area contributed by atoms with E-state index in [1.807, 2.05) is 6.07 Å². The molecule has 0 radical (unpaired) electrons. The van der Waals surface area contributed by atoms with Crippen LogP contribution in [0.25, 0.3) is 0 Å². The van der Waals surface area contributed by atoms with Crippen molar-refractivity contribution in [3.8, 4) is 17.2 Å². The van der Waals surface area contributed by atoms with E-state index in [4.69, 9.17) is 9.47 Å². The van der Waals surface area contributed by atoms with E-state index < -0.39 is 5.82 Å². The second-order valence-corrected chi connectivity index (χ2v) is 7.52. The number of aromatic hydroxyl groups is 1. The predicted molar refractivity (Wildman–Crippen MR) is 99.6 cm³/mol. The van der Waals surface area contributed by atoms with Crippen molar-refractivity contribution in [3.05, 3.63) is 48.0 Å². The minimum atomic E-state index is -0.417. The lowest BCUT2D eigenvalue weighted by Gasteiger charge is -2.20. The molecule has 1 aromatic heterocycles. The first-order valence-electron chi connectivity index (χ1n) is 9.48. The molecule has 2 unspecified atom stereocenters. The zero-order valence-corrected chi connectivity index (χ0v) is 15.5. The molecular weight excluding hydrogens is 347 g/mol. The number of ether oxygens (including phenoxy) is 2. The lowest BCUT2D eigenvalue weighted by molar-refractivity contribution is 0.177. The topological polar surface area (TPSA) is 54.8 Å². The third-order valence-corrected chi connectivity index (χ3v) is 5.72. The second kappa shape index (κ2) is 7.72. The summed E-state index contributed by atoms with van der Waals surface area (Å²) in [5.41, 5.74) is 1.000. The molecule has 2 aromatic rings. The van der Waals surface area contributed by atoms with E-state index >= 15 is 0 Å². The number of likely N-dealkylation sites (tertiary alicyclic amines) is 1. The molecule has 6 heteroatoms. The Labute approximate surface area is 158 Å². The summed E-state index contributed by atoms with van der Waals surface area (Å²) in [5, 5.41) is 9.31. The second-order valence-electron chi connectivity index (χ2n) is 7.52. The zero-order valence-electron chi connectivity index (χ0n) is 15.5. The van der Waals surface area contributed by atoms with E-state index in [-0.39, 0.29) is 23.4 Å². The number of aromatic nitrogens is 1. The van der Waals surface area contributed by atoms with Gasteiger partial charge >= 0.3 is 0 Å². The smallest absolute Gasteiger partial charge is 0.206 e. The highest BCUT2D eigenvalue weighted by molar-refractivity contribution is 5.35. The molecule has 5 nitrogen and oxygen atoms in total. The maximum Gasteiger partial charge on any atom is 0.206 e. The van der Waals surface area contributed by atoms with Crippen molar-refractivity contribution in [2.75, 3.05) is 26.7 Å². The van der Waals surface area contributed by atoms with Crippen molar-refractivity contribution in [3.63, 3.8) is 0 Å². The summed E-state index contributed by atoms with van der Waals surface area (Å²) in [6.45, 7) is 3.09. The van der Waals surface area contributed by atoms with Gasteiger partial charge in [0.05, 0.1) is 19.4 Å². The van der Waals surface area contributed by atoms with Gasteiger partial charge in [0.1, 0.15) is 5.75 Å². The molecule has 0 spiro atoms. The Morgan fingerprint density at radius 1 is 1.15 bits per heavy atom. The Hall–Kier alpha value is -2.34. The lowest BCUT2D eigenvalue weighted by atomic mass is 10.0. The van der Waals surface area contributed by atoms with E-state index in [2.05, 4.69) is 9.88 Å². The number of nitrogens with zero attached hydrogens (tertiary/aromatic N) is 2. The van der Waals surface area contributed by atoms with Gasteiger partial charge in [-0.3, -0.25) is 4.98 Å². The van der Waals surface area contributed by atoms with Gasteiger partial charge in [-0.15, -0.1) is 0 Å². The van der Waals surface area contributed by atoms with Crippen LogP contribution < -0.4 is 9.47 Å². The van der Waals surface area contributed by atoms with Gasteiger partial charge in [-0.25, -0.2) is 0 Å². The SMILES string of the molecule is COc1cccc(OC2CC3CN(CCc4ccc(O)cn4)CC3C2)c1F. The van der Waals surface area contributed by atoms with E-state index in [1.165, 1.54) is 13.3 Å². The third kappa shape index (κ3) is 4.00. The Morgan fingerprint density at radius 3 is 2.56 bits per heavy atom. The fraction of sp³-hybridized carbons (Fsp3) is 0.476. The maximum absolute atomic E-state index is 14.3. The van der Waals surface area contributed by atoms with Crippen LogP contribution in [0.2, 0.25) is 0 Å². The van der Waals surface area contributed by atoms with E-state index in [1.54, 1.807) is 24.3 Å². The van der Waals surface area contributed by atoms with Crippen molar-refractivity contribution in [1.82, 2.24) is 9.88 Å². The lowest BCUT2D eigenvalue weighted by Crippen LogP contribution is -2.26. The standard InChI is InChI=1S/C21H25FN2O3/c1-26-19-3-2-4-20(21(19)22)27-18-9-14-12-24(13-15(14)10-18)8-7-16-5-6-17(25)11-23-16/h2-6,11,14-15,18,25H,7-10,12-13H2,1H3. The van der Waals surface area contributed by atoms with Crippen LogP contribution in [0.1, 0.15) is 18.5 Å². The highest BCUT2D eigenvalue weighted by Gasteiger charge is 2.41. The fourth-order valence-corrected chi connectivity index (χ4v) is 4.38. The van der Waals surface area contributed by atoms with Crippen LogP contribution in [0, 0.1) is 17.7 Å². The van der Waals surface area contributed by atoms with Crippen LogP contribution in [0.15, 0.2) is 36.5 Å². The highest BCUT2D eigenvalue weighted by atomic mass is 19.1. The van der Waals surface area contributed by atoms with Gasteiger partial charge in [0.2, 0.25) is 5.82 Å². The van der Waals surface area contributed by atoms with E-state index in [0.717, 1.165) is 44.6 Å². The summed E-state index contributed by atoms with van der Waals surface area (Å²) < 4.78 is 25.3. The molecule has 4 rings (SSSR count). The predicted octanol–water partition coefficient (Wildman–Crippen LogP) is 3.27. The van der Waals surface area contributed by atoms with Gasteiger partial charge in [0.25, 0.3) is 0 Å². The van der Waals surface area contributed by atoms with Gasteiger partial charge < -0.3 is 19.5 Å². The van der Waals surface area contributed by atoms with Gasteiger partial charge in [0.15, 0.2) is 11.5 Å². The van der Waals surface area contributed by atoms with Crippen LogP contribution in [0.5, 0.6) is 17.2 Å². The first-order valence-corrected chi connectivity index (χ1v) is 9.48. The quantitative estimate of drug-likeness (QED) is 0.843. The minimum absolute atomic E-state index is 0.0718. The molecule has 1 saturated heterocycles. The molecular formula is C21H25FN2O3. The van der Waals surface area contributed by atoms with Crippen LogP contribution in [-0.2, 0) is 6.42 Å². The normalized spacial score (nSPS) is 24.7. The number of halogens is 1. The van der Waals surface area contributed by atoms with Gasteiger partial charge in [-0.2, -0.15) is 4.39 Å². The van der Waals surface area contributed by atoms with Gasteiger partial charge in [-0.1, -0.05) is 6.07 Å². The molecule has 1 aliphatic heterocycles. The molecule has 2 aliphatic rings. The number of fused-ring (bicyclic) bond motifs is 1. The summed E-state index contributed by atoms with van der Waals surface area (Å²) in [7, 11) is 1.46. The number of hydrogen-bond acceptors (Lipinski definition) is 5. The van der Waals surface area contributed by atoms with E-state index in [9.17, 15) is 9.50 Å². The average molecular weight is 372 g/mol. The average Bonchev–Trinajstić information content (AvgIpc) is 3.21. The Morgan fingerprint density at radius 2 is 1.89 bits per heavy atom. The largest absolute Gasteiger partial charge is 0.506 e. The van der Waals surface area contributed by atoms with E-state index in [0.29, 0.717) is 11.8 Å². The maximum atomic E-state index is 14.3. The Balaban J connectivity index is 1.28. The molecule has 2 heterocycles. The molecule has 2 fully saturated rings. The molecule has 0 amide bonds. The Bertz CT molecular complexity index is 769. The molecule has 1 saturated carbocycles. The number of pyridine rings is 1. The summed E-state index contributed by atoms with van der Waals surface area (Å²) in [5.74, 6) is 1.51. The van der Waals surface area contributed by atoms with Crippen LogP contribution in [0.3, 0.4) is 0 Å². The Kier molecular flexibility index (Phi) is 5.16. The molecule has 144 valence electrons. The van der Waals surface area contributed by atoms with Crippen molar-refractivity contribution in [2.45, 2.75) is 25.4 Å². The monoisotopic (exact) mass is 372 g/mol. The third-order valence-electron chi connectivity index (χ3n) is 5.72. The first kappa shape index (κ1) is 18.0. The van der Waals surface area contributed by atoms with Crippen molar-refractivity contribution in [2.24, 2.45) is 11.8 Å². The summed E-state index contributed by atoms with van der Waals surface area (Å²) >= 11 is 0. The number of hydrogen-bond donors (Lipinski definition) is 1. The van der Waals surface area contributed by atoms with Crippen molar-refractivity contribution < 1.29 is 19.0 Å². The molecule has 2 atom stereocenters. The zero-order chi connectivity index (χ0) is 18.8. The molecule has 27 heavy (non-hydrogen) atoms. The summed E-state index contributed by atoms with van der Waals surface area (Å²) in [6, 6.07) is 8.58. The highest BCUT2D eigenvalue weighted by Crippen LogP contribution is 2.40. The van der Waals surface area contributed by atoms with Crippen molar-refractivity contribution >= 4 is 0 Å².